The van der Waals surface area contributed by atoms with Crippen LogP contribution >= 0.6 is 0 Å². The van der Waals surface area contributed by atoms with E-state index in [2.05, 4.69) is 20.0 Å². The van der Waals surface area contributed by atoms with Gasteiger partial charge in [0.1, 0.15) is 5.69 Å². The molecule has 0 radical (unpaired) electrons. The lowest BCUT2D eigenvalue weighted by atomic mass is 10.1. The van der Waals surface area contributed by atoms with Gasteiger partial charge in [-0.2, -0.15) is 0 Å². The van der Waals surface area contributed by atoms with E-state index >= 15 is 0 Å². The molecule has 4 aromatic rings. The second-order valence-electron chi connectivity index (χ2n) is 7.74. The number of aromatic nitrogens is 3. The van der Waals surface area contributed by atoms with Gasteiger partial charge in [-0.1, -0.05) is 47.1 Å². The zero-order valence-electron chi connectivity index (χ0n) is 18.7. The Morgan fingerprint density at radius 3 is 2.42 bits per heavy atom. The number of likely N-dealkylation sites (N-methyl/N-ethyl adjacent to an activating group) is 1. The zero-order chi connectivity index (χ0) is 23.2. The van der Waals surface area contributed by atoms with Crippen LogP contribution in [0.15, 0.2) is 65.3 Å². The van der Waals surface area contributed by atoms with Gasteiger partial charge in [0.25, 0.3) is 0 Å². The second-order valence-corrected chi connectivity index (χ2v) is 7.74. The number of nitrogens with two attached hydrogens (primary N) is 1. The van der Waals surface area contributed by atoms with E-state index in [1.807, 2.05) is 68.6 Å². The number of ether oxygens (including phenoxy) is 1. The predicted octanol–water partition coefficient (Wildman–Crippen LogP) is 3.80. The molecule has 0 unspecified atom stereocenters. The first-order chi connectivity index (χ1) is 16.0. The highest BCUT2D eigenvalue weighted by Crippen LogP contribution is 2.30. The normalized spacial score (nSPS) is 11.0. The summed E-state index contributed by atoms with van der Waals surface area (Å²) in [5.74, 6) is 0.750. The number of nitrogen functional groups attached to an aromatic ring is 1. The standard InChI is InChI=1S/C25H27N5O3/c1-17-3-5-19(6-4-17)22-16-27-25(26)24(28-22)23-15-21(29-33-23)18-7-9-20(10-8-18)30(2)11-13-32-14-12-31/h3-10,15-16,31H,11-14H2,1-2H3,(H2,26,27). The molecule has 8 heteroatoms. The van der Waals surface area contributed by atoms with Gasteiger partial charge in [0.2, 0.25) is 0 Å². The summed E-state index contributed by atoms with van der Waals surface area (Å²) in [6, 6.07) is 17.9. The second kappa shape index (κ2) is 10.2. The van der Waals surface area contributed by atoms with Crippen LogP contribution in [-0.4, -0.2) is 53.6 Å². The molecule has 2 heterocycles. The third-order valence-electron chi connectivity index (χ3n) is 5.30. The first-order valence-corrected chi connectivity index (χ1v) is 10.7. The maximum Gasteiger partial charge on any atom is 0.189 e. The lowest BCUT2D eigenvalue weighted by molar-refractivity contribution is 0.0971. The summed E-state index contributed by atoms with van der Waals surface area (Å²) in [5, 5.41) is 13.0. The molecule has 4 rings (SSSR count). The van der Waals surface area contributed by atoms with Gasteiger partial charge in [0, 0.05) is 36.5 Å². The fraction of sp³-hybridized carbons (Fsp3) is 0.240. The maximum absolute atomic E-state index is 8.79. The molecule has 3 N–H and O–H groups in total. The lowest BCUT2D eigenvalue weighted by Crippen LogP contribution is -2.23. The van der Waals surface area contributed by atoms with Crippen molar-refractivity contribution in [2.45, 2.75) is 6.92 Å². The Kier molecular flexibility index (Phi) is 6.97. The van der Waals surface area contributed by atoms with Crippen LogP contribution in [0.3, 0.4) is 0 Å². The van der Waals surface area contributed by atoms with Crippen LogP contribution < -0.4 is 10.6 Å². The number of benzene rings is 2. The summed E-state index contributed by atoms with van der Waals surface area (Å²) in [4.78, 5) is 11.1. The third kappa shape index (κ3) is 5.36. The smallest absolute Gasteiger partial charge is 0.189 e. The van der Waals surface area contributed by atoms with Crippen molar-refractivity contribution in [2.75, 3.05) is 44.0 Å². The van der Waals surface area contributed by atoms with Crippen molar-refractivity contribution in [1.82, 2.24) is 15.1 Å². The Bertz CT molecular complexity index is 1190. The van der Waals surface area contributed by atoms with Crippen LogP contribution in [0.1, 0.15) is 5.56 Å². The molecule has 0 saturated heterocycles. The number of nitrogens with zero attached hydrogens (tertiary/aromatic N) is 4. The number of hydrogen-bond donors (Lipinski definition) is 2. The summed E-state index contributed by atoms with van der Waals surface area (Å²) < 4.78 is 10.9. The van der Waals surface area contributed by atoms with E-state index in [9.17, 15) is 0 Å². The molecule has 0 atom stereocenters. The van der Waals surface area contributed by atoms with Crippen molar-refractivity contribution < 1.29 is 14.4 Å². The van der Waals surface area contributed by atoms with E-state index in [1.54, 1.807) is 6.20 Å². The molecule has 0 aliphatic rings. The number of hydrogen-bond acceptors (Lipinski definition) is 8. The average molecular weight is 446 g/mol. The van der Waals surface area contributed by atoms with E-state index in [0.717, 1.165) is 23.4 Å². The van der Waals surface area contributed by atoms with Crippen LogP contribution in [0.5, 0.6) is 0 Å². The Morgan fingerprint density at radius 2 is 1.70 bits per heavy atom. The van der Waals surface area contributed by atoms with E-state index in [1.165, 1.54) is 5.56 Å². The minimum Gasteiger partial charge on any atom is -0.394 e. The topological polar surface area (TPSA) is 111 Å². The Morgan fingerprint density at radius 1 is 1.00 bits per heavy atom. The quantitative estimate of drug-likeness (QED) is 0.374. The summed E-state index contributed by atoms with van der Waals surface area (Å²) in [7, 11) is 1.99. The van der Waals surface area contributed by atoms with Crippen molar-refractivity contribution in [3.8, 4) is 34.0 Å². The molecule has 0 aliphatic heterocycles. The fourth-order valence-corrected chi connectivity index (χ4v) is 3.35. The first kappa shape index (κ1) is 22.4. The monoisotopic (exact) mass is 445 g/mol. The van der Waals surface area contributed by atoms with Gasteiger partial charge in [-0.05, 0) is 19.1 Å². The summed E-state index contributed by atoms with van der Waals surface area (Å²) in [6.07, 6.45) is 1.66. The van der Waals surface area contributed by atoms with Gasteiger partial charge >= 0.3 is 0 Å². The zero-order valence-corrected chi connectivity index (χ0v) is 18.7. The molecular formula is C25H27N5O3. The molecule has 2 aromatic carbocycles. The van der Waals surface area contributed by atoms with E-state index in [-0.39, 0.29) is 12.4 Å². The van der Waals surface area contributed by atoms with Crippen molar-refractivity contribution in [2.24, 2.45) is 0 Å². The molecule has 0 aliphatic carbocycles. The maximum atomic E-state index is 8.79. The number of rotatable bonds is 9. The number of aliphatic hydroxyl groups is 1. The molecular weight excluding hydrogens is 418 g/mol. The molecule has 2 aromatic heterocycles. The van der Waals surface area contributed by atoms with Gasteiger partial charge in [-0.3, -0.25) is 0 Å². The molecule has 0 fully saturated rings. The minimum absolute atomic E-state index is 0.0333. The van der Waals surface area contributed by atoms with Crippen molar-refractivity contribution in [1.29, 1.82) is 0 Å². The predicted molar refractivity (Wildman–Crippen MR) is 129 cm³/mol. The summed E-state index contributed by atoms with van der Waals surface area (Å²) in [6.45, 7) is 3.70. The Hall–Kier alpha value is -3.75. The van der Waals surface area contributed by atoms with Crippen LogP contribution in [0, 0.1) is 6.92 Å². The molecule has 8 nitrogen and oxygen atoms in total. The number of aliphatic hydroxyl groups excluding tert-OH is 1. The number of aryl methyl sites for hydroxylation is 1. The van der Waals surface area contributed by atoms with Crippen LogP contribution in [0.4, 0.5) is 11.5 Å². The molecule has 33 heavy (non-hydrogen) atoms. The molecule has 0 amide bonds. The lowest BCUT2D eigenvalue weighted by Gasteiger charge is -2.19. The van der Waals surface area contributed by atoms with Crippen molar-refractivity contribution in [3.05, 3.63) is 66.4 Å². The molecule has 0 bridgehead atoms. The van der Waals surface area contributed by atoms with E-state index in [4.69, 9.17) is 20.1 Å². The van der Waals surface area contributed by atoms with Crippen LogP contribution in [0.2, 0.25) is 0 Å². The SMILES string of the molecule is Cc1ccc(-c2cnc(N)c(-c3cc(-c4ccc(N(C)CCOCCO)cc4)no3)n2)cc1. The number of anilines is 2. The molecule has 0 spiro atoms. The molecule has 170 valence electrons. The van der Waals surface area contributed by atoms with Crippen molar-refractivity contribution in [3.63, 3.8) is 0 Å². The molecule has 0 saturated carbocycles. The largest absolute Gasteiger partial charge is 0.394 e. The summed E-state index contributed by atoms with van der Waals surface area (Å²) in [5.41, 5.74) is 12.1. The first-order valence-electron chi connectivity index (χ1n) is 10.7. The van der Waals surface area contributed by atoms with E-state index < -0.39 is 0 Å². The van der Waals surface area contributed by atoms with Gasteiger partial charge in [0.15, 0.2) is 17.3 Å². The van der Waals surface area contributed by atoms with Gasteiger partial charge < -0.3 is 25.0 Å². The third-order valence-corrected chi connectivity index (χ3v) is 5.30. The Labute approximate surface area is 192 Å². The van der Waals surface area contributed by atoms with Gasteiger partial charge in [-0.15, -0.1) is 0 Å². The van der Waals surface area contributed by atoms with Crippen LogP contribution in [0.25, 0.3) is 34.0 Å². The average Bonchev–Trinajstić information content (AvgIpc) is 3.33. The fourth-order valence-electron chi connectivity index (χ4n) is 3.35. The van der Waals surface area contributed by atoms with Gasteiger partial charge in [0.05, 0.1) is 31.7 Å². The minimum atomic E-state index is 0.0333. The highest BCUT2D eigenvalue weighted by Gasteiger charge is 2.15. The highest BCUT2D eigenvalue weighted by atomic mass is 16.5. The van der Waals surface area contributed by atoms with Gasteiger partial charge in [-0.25, -0.2) is 9.97 Å². The van der Waals surface area contributed by atoms with Crippen LogP contribution in [-0.2, 0) is 4.74 Å². The summed E-state index contributed by atoms with van der Waals surface area (Å²) >= 11 is 0. The van der Waals surface area contributed by atoms with E-state index in [0.29, 0.717) is 36.1 Å². The highest BCUT2D eigenvalue weighted by molar-refractivity contribution is 5.73. The Balaban J connectivity index is 1.51. The van der Waals surface area contributed by atoms with Crippen molar-refractivity contribution >= 4 is 11.5 Å².